The molecule has 0 saturated carbocycles. The number of H-pyrrole nitrogens is 1. The first-order valence-electron chi connectivity index (χ1n) is 9.17. The zero-order chi connectivity index (χ0) is 20.3. The first-order chi connectivity index (χ1) is 13.3. The summed E-state index contributed by atoms with van der Waals surface area (Å²) in [5, 5.41) is 9.68. The number of nitrogens with one attached hydrogen (secondary N) is 1. The van der Waals surface area contributed by atoms with Gasteiger partial charge in [0.15, 0.2) is 9.84 Å². The number of thioether (sulfide) groups is 1. The molecule has 0 bridgehead atoms. The minimum absolute atomic E-state index is 0.0113. The summed E-state index contributed by atoms with van der Waals surface area (Å²) >= 11 is 1.09. The monoisotopic (exact) mass is 425 g/mol. The molecule has 10 heteroatoms. The Kier molecular flexibility index (Phi) is 6.47. The van der Waals surface area contributed by atoms with E-state index in [1.54, 1.807) is 11.8 Å². The molecule has 0 radical (unpaired) electrons. The van der Waals surface area contributed by atoms with Crippen LogP contribution in [0.2, 0.25) is 0 Å². The second kappa shape index (κ2) is 8.68. The summed E-state index contributed by atoms with van der Waals surface area (Å²) in [7, 11) is -3.13. The molecule has 2 aliphatic heterocycles. The third-order valence-corrected chi connectivity index (χ3v) is 7.79. The van der Waals surface area contributed by atoms with E-state index in [4.69, 9.17) is 4.74 Å². The fraction of sp³-hybridized carbons (Fsp3) is 0.611. The molecule has 28 heavy (non-hydrogen) atoms. The molecule has 2 fully saturated rings. The zero-order valence-corrected chi connectivity index (χ0v) is 17.3. The molecule has 1 N–H and O–H groups in total. The average Bonchev–Trinajstić information content (AvgIpc) is 3.26. The van der Waals surface area contributed by atoms with Gasteiger partial charge in [0.1, 0.15) is 6.07 Å². The predicted molar refractivity (Wildman–Crippen MR) is 105 cm³/mol. The molecule has 2 saturated heterocycles. The highest BCUT2D eigenvalue weighted by atomic mass is 32.2. The number of nitriles is 1. The van der Waals surface area contributed by atoms with Crippen molar-refractivity contribution in [3.8, 4) is 6.07 Å². The Morgan fingerprint density at radius 1 is 1.46 bits per heavy atom. The van der Waals surface area contributed by atoms with E-state index in [-0.39, 0.29) is 40.9 Å². The Bertz CT molecular complexity index is 945. The van der Waals surface area contributed by atoms with Gasteiger partial charge in [0.2, 0.25) is 11.5 Å². The van der Waals surface area contributed by atoms with Gasteiger partial charge < -0.3 is 14.6 Å². The molecule has 1 aromatic rings. The van der Waals surface area contributed by atoms with Crippen molar-refractivity contribution in [3.05, 3.63) is 27.5 Å². The van der Waals surface area contributed by atoms with Crippen molar-refractivity contribution in [1.82, 2.24) is 9.88 Å². The van der Waals surface area contributed by atoms with E-state index in [2.05, 4.69) is 11.1 Å². The predicted octanol–water partition coefficient (Wildman–Crippen LogP) is 0.842. The van der Waals surface area contributed by atoms with E-state index in [1.807, 2.05) is 0 Å². The smallest absolute Gasteiger partial charge is 0.249 e. The number of rotatable bonds is 6. The highest BCUT2D eigenvalue weighted by Crippen LogP contribution is 2.25. The minimum Gasteiger partial charge on any atom is -0.376 e. The van der Waals surface area contributed by atoms with E-state index < -0.39 is 9.84 Å². The Labute approximate surface area is 168 Å². The van der Waals surface area contributed by atoms with Crippen molar-refractivity contribution in [2.75, 3.05) is 30.4 Å². The zero-order valence-electron chi connectivity index (χ0n) is 15.6. The van der Waals surface area contributed by atoms with Gasteiger partial charge in [0.25, 0.3) is 0 Å². The number of carbonyl (C=O) groups is 1. The van der Waals surface area contributed by atoms with Gasteiger partial charge >= 0.3 is 0 Å². The SMILES string of the molecule is Cc1cc(=O)[nH]c(SCC(=O)N(C[C@H]2CCCO2)[C@@H]2CCS(=O)(=O)C2)c1C#N. The summed E-state index contributed by atoms with van der Waals surface area (Å²) in [4.78, 5) is 28.9. The molecule has 3 heterocycles. The number of pyridine rings is 1. The largest absolute Gasteiger partial charge is 0.376 e. The minimum atomic E-state index is -3.13. The number of carbonyl (C=O) groups excluding carboxylic acids is 1. The van der Waals surface area contributed by atoms with Crippen LogP contribution in [0.1, 0.15) is 30.4 Å². The van der Waals surface area contributed by atoms with Crippen LogP contribution in [0.15, 0.2) is 15.9 Å². The number of aryl methyl sites for hydroxylation is 1. The number of aromatic nitrogens is 1. The molecule has 0 spiro atoms. The van der Waals surface area contributed by atoms with Gasteiger partial charge in [-0.1, -0.05) is 11.8 Å². The first kappa shape index (κ1) is 20.9. The van der Waals surface area contributed by atoms with Crippen molar-refractivity contribution in [1.29, 1.82) is 5.26 Å². The lowest BCUT2D eigenvalue weighted by molar-refractivity contribution is -0.131. The lowest BCUT2D eigenvalue weighted by Gasteiger charge is -2.30. The highest BCUT2D eigenvalue weighted by Gasteiger charge is 2.36. The fourth-order valence-corrected chi connectivity index (χ4v) is 6.29. The molecule has 1 amide bonds. The molecule has 3 rings (SSSR count). The summed E-state index contributed by atoms with van der Waals surface area (Å²) in [6.45, 7) is 2.70. The second-order valence-corrected chi connectivity index (χ2v) is 10.4. The summed E-state index contributed by atoms with van der Waals surface area (Å²) < 4.78 is 29.4. The van der Waals surface area contributed by atoms with Crippen LogP contribution in [0, 0.1) is 18.3 Å². The Hall–Kier alpha value is -1.83. The highest BCUT2D eigenvalue weighted by molar-refractivity contribution is 8.00. The number of aromatic amines is 1. The third-order valence-electron chi connectivity index (χ3n) is 5.05. The van der Waals surface area contributed by atoms with Crippen molar-refractivity contribution in [3.63, 3.8) is 0 Å². The quantitative estimate of drug-likeness (QED) is 0.671. The lowest BCUT2D eigenvalue weighted by atomic mass is 10.1. The van der Waals surface area contributed by atoms with Gasteiger partial charge in [-0.15, -0.1) is 0 Å². The number of sulfone groups is 1. The number of nitrogens with zero attached hydrogens (tertiary/aromatic N) is 2. The van der Waals surface area contributed by atoms with Crippen LogP contribution in [0.25, 0.3) is 0 Å². The topological polar surface area (TPSA) is 120 Å². The standard InChI is InChI=1S/C18H23N3O5S2/c1-12-7-16(22)20-18(15(12)8-19)27-10-17(23)21(9-14-3-2-5-26-14)13-4-6-28(24,25)11-13/h7,13-14H,2-6,9-11H2,1H3,(H,20,22)/t13-,14-/m1/s1. The van der Waals surface area contributed by atoms with Crippen LogP contribution in [-0.2, 0) is 19.4 Å². The summed E-state index contributed by atoms with van der Waals surface area (Å²) in [5.41, 5.74) is 0.565. The Balaban J connectivity index is 1.74. The Morgan fingerprint density at radius 3 is 2.86 bits per heavy atom. The molecule has 2 atom stereocenters. The third kappa shape index (κ3) is 4.96. The van der Waals surface area contributed by atoms with E-state index >= 15 is 0 Å². The van der Waals surface area contributed by atoms with Crippen LogP contribution in [0.4, 0.5) is 0 Å². The van der Waals surface area contributed by atoms with E-state index in [0.29, 0.717) is 35.7 Å². The van der Waals surface area contributed by atoms with Crippen LogP contribution in [0.5, 0.6) is 0 Å². The van der Waals surface area contributed by atoms with Crippen molar-refractivity contribution < 1.29 is 17.9 Å². The fourth-order valence-electron chi connectivity index (χ4n) is 3.61. The van der Waals surface area contributed by atoms with Gasteiger partial charge in [0.05, 0.1) is 34.0 Å². The van der Waals surface area contributed by atoms with Crippen LogP contribution < -0.4 is 5.56 Å². The molecule has 0 aliphatic carbocycles. The molecular formula is C18H23N3O5S2. The average molecular weight is 426 g/mol. The molecule has 152 valence electrons. The summed E-state index contributed by atoms with van der Waals surface area (Å²) in [6, 6.07) is 3.05. The van der Waals surface area contributed by atoms with Gasteiger partial charge in [-0.05, 0) is 31.7 Å². The lowest BCUT2D eigenvalue weighted by Crippen LogP contribution is -2.46. The van der Waals surface area contributed by atoms with Gasteiger partial charge in [0, 0.05) is 25.3 Å². The van der Waals surface area contributed by atoms with Gasteiger partial charge in [-0.2, -0.15) is 5.26 Å². The maximum Gasteiger partial charge on any atom is 0.249 e. The number of ether oxygens (including phenoxy) is 1. The van der Waals surface area contributed by atoms with E-state index in [1.165, 1.54) is 6.07 Å². The van der Waals surface area contributed by atoms with Gasteiger partial charge in [-0.25, -0.2) is 8.42 Å². The van der Waals surface area contributed by atoms with Crippen molar-refractivity contribution in [2.24, 2.45) is 0 Å². The maximum atomic E-state index is 13.0. The van der Waals surface area contributed by atoms with Crippen molar-refractivity contribution in [2.45, 2.75) is 43.4 Å². The molecular weight excluding hydrogens is 402 g/mol. The number of amides is 1. The first-order valence-corrected chi connectivity index (χ1v) is 12.0. The second-order valence-electron chi connectivity index (χ2n) is 7.16. The maximum absolute atomic E-state index is 13.0. The summed E-state index contributed by atoms with van der Waals surface area (Å²) in [6.07, 6.45) is 2.13. The summed E-state index contributed by atoms with van der Waals surface area (Å²) in [5.74, 6) is -0.143. The molecule has 0 unspecified atom stereocenters. The van der Waals surface area contributed by atoms with Gasteiger partial charge in [-0.3, -0.25) is 9.59 Å². The molecule has 2 aliphatic rings. The normalized spacial score (nSPS) is 23.4. The van der Waals surface area contributed by atoms with Crippen LogP contribution >= 0.6 is 11.8 Å². The number of hydrogen-bond acceptors (Lipinski definition) is 7. The Morgan fingerprint density at radius 2 is 2.25 bits per heavy atom. The number of hydrogen-bond donors (Lipinski definition) is 1. The van der Waals surface area contributed by atoms with Crippen LogP contribution in [0.3, 0.4) is 0 Å². The molecule has 8 nitrogen and oxygen atoms in total. The van der Waals surface area contributed by atoms with E-state index in [9.17, 15) is 23.3 Å². The van der Waals surface area contributed by atoms with Crippen LogP contribution in [-0.4, -0.2) is 66.8 Å². The molecule has 1 aromatic heterocycles. The van der Waals surface area contributed by atoms with Crippen molar-refractivity contribution >= 4 is 27.5 Å². The molecule has 0 aromatic carbocycles. The van der Waals surface area contributed by atoms with E-state index in [0.717, 1.165) is 24.6 Å².